The van der Waals surface area contributed by atoms with Gasteiger partial charge in [-0.3, -0.25) is 9.48 Å². The Morgan fingerprint density at radius 1 is 1.65 bits per heavy atom. The lowest BCUT2D eigenvalue weighted by molar-refractivity contribution is -0.125. The molecule has 0 aromatic carbocycles. The monoisotopic (exact) mass is 280 g/mol. The predicted molar refractivity (Wildman–Crippen MR) is 75.7 cm³/mol. The van der Waals surface area contributed by atoms with Gasteiger partial charge in [0.2, 0.25) is 5.91 Å². The van der Waals surface area contributed by atoms with E-state index in [0.717, 1.165) is 25.7 Å². The van der Waals surface area contributed by atoms with Crippen molar-refractivity contribution in [1.29, 1.82) is 0 Å². The molecule has 20 heavy (non-hydrogen) atoms. The fourth-order valence-electron chi connectivity index (χ4n) is 2.73. The summed E-state index contributed by atoms with van der Waals surface area (Å²) in [6.45, 7) is 2.16. The van der Waals surface area contributed by atoms with Crippen LogP contribution in [0.1, 0.15) is 44.2 Å². The molecule has 4 N–H and O–H groups in total. The third-order valence-electron chi connectivity index (χ3n) is 4.29. The summed E-state index contributed by atoms with van der Waals surface area (Å²) in [7, 11) is 1.78. The van der Waals surface area contributed by atoms with Crippen LogP contribution >= 0.6 is 0 Å². The van der Waals surface area contributed by atoms with Crippen molar-refractivity contribution >= 4 is 5.91 Å². The molecule has 1 atom stereocenters. The Morgan fingerprint density at radius 2 is 2.30 bits per heavy atom. The van der Waals surface area contributed by atoms with Crippen LogP contribution < -0.4 is 11.1 Å². The average molecular weight is 280 g/mol. The van der Waals surface area contributed by atoms with E-state index in [0.29, 0.717) is 11.5 Å². The molecule has 6 nitrogen and oxygen atoms in total. The average Bonchev–Trinajstić information content (AvgIpc) is 2.87. The maximum atomic E-state index is 12.3. The second kappa shape index (κ2) is 5.93. The number of carbonyl (C=O) groups is 1. The molecule has 2 rings (SSSR count). The Kier molecular flexibility index (Phi) is 4.45. The van der Waals surface area contributed by atoms with Gasteiger partial charge in [-0.1, -0.05) is 6.92 Å². The summed E-state index contributed by atoms with van der Waals surface area (Å²) < 4.78 is 1.62. The summed E-state index contributed by atoms with van der Waals surface area (Å²) in [6, 6.07) is -0.744. The third kappa shape index (κ3) is 3.19. The van der Waals surface area contributed by atoms with Crippen LogP contribution in [0, 0.1) is 5.92 Å². The second-order valence-corrected chi connectivity index (χ2v) is 6.04. The maximum Gasteiger partial charge on any atom is 0.242 e. The molecule has 0 spiro atoms. The van der Waals surface area contributed by atoms with Crippen molar-refractivity contribution in [3.63, 3.8) is 0 Å². The van der Waals surface area contributed by atoms with Gasteiger partial charge in [-0.25, -0.2) is 0 Å². The summed E-state index contributed by atoms with van der Waals surface area (Å²) in [5.41, 5.74) is 6.14. The van der Waals surface area contributed by atoms with Crippen LogP contribution in [0.5, 0.6) is 0 Å². The smallest absolute Gasteiger partial charge is 0.242 e. The first-order chi connectivity index (χ1) is 9.46. The van der Waals surface area contributed by atoms with E-state index in [4.69, 9.17) is 5.73 Å². The number of nitrogens with zero attached hydrogens (tertiary/aromatic N) is 2. The molecule has 6 heteroatoms. The van der Waals surface area contributed by atoms with E-state index in [1.165, 1.54) is 0 Å². The maximum absolute atomic E-state index is 12.3. The van der Waals surface area contributed by atoms with Gasteiger partial charge in [0, 0.05) is 18.8 Å². The highest BCUT2D eigenvalue weighted by Gasteiger charge is 2.36. The van der Waals surface area contributed by atoms with Crippen LogP contribution in [0.15, 0.2) is 12.4 Å². The molecule has 1 fully saturated rings. The van der Waals surface area contributed by atoms with E-state index in [1.807, 2.05) is 0 Å². The molecule has 0 saturated heterocycles. The first kappa shape index (κ1) is 15.0. The number of nitrogens with two attached hydrogens (primary N) is 1. The van der Waals surface area contributed by atoms with Crippen molar-refractivity contribution < 1.29 is 9.90 Å². The van der Waals surface area contributed by atoms with Crippen LogP contribution in [-0.4, -0.2) is 32.9 Å². The zero-order valence-electron chi connectivity index (χ0n) is 12.2. The van der Waals surface area contributed by atoms with Gasteiger partial charge in [0.25, 0.3) is 0 Å². The van der Waals surface area contributed by atoms with Crippen LogP contribution in [-0.2, 0) is 11.8 Å². The minimum atomic E-state index is -0.744. The molecule has 1 amide bonds. The first-order valence-electron chi connectivity index (χ1n) is 7.13. The molecule has 1 aromatic heterocycles. The molecule has 1 aromatic rings. The number of amides is 1. The highest BCUT2D eigenvalue weighted by molar-refractivity contribution is 5.83. The molecule has 1 heterocycles. The SMILES string of the molecule is CC1CCC(CO)(NC(=O)C(N)c2cnn(C)c2)CC1. The molecule has 112 valence electrons. The molecule has 1 aliphatic rings. The van der Waals surface area contributed by atoms with Gasteiger partial charge in [-0.05, 0) is 31.6 Å². The number of nitrogens with one attached hydrogen (secondary N) is 1. The molecular formula is C14H24N4O2. The number of aliphatic hydroxyl groups is 1. The van der Waals surface area contributed by atoms with Gasteiger partial charge >= 0.3 is 0 Å². The number of aryl methyl sites for hydroxylation is 1. The lowest BCUT2D eigenvalue weighted by Gasteiger charge is -2.39. The minimum absolute atomic E-state index is 0.0365. The summed E-state index contributed by atoms with van der Waals surface area (Å²) >= 11 is 0. The zero-order valence-corrected chi connectivity index (χ0v) is 12.2. The van der Waals surface area contributed by atoms with E-state index >= 15 is 0 Å². The minimum Gasteiger partial charge on any atom is -0.394 e. The number of rotatable bonds is 4. The number of hydrogen-bond acceptors (Lipinski definition) is 4. The molecule has 0 bridgehead atoms. The normalized spacial score (nSPS) is 28.1. The zero-order chi connectivity index (χ0) is 14.8. The number of hydrogen-bond donors (Lipinski definition) is 3. The van der Waals surface area contributed by atoms with Gasteiger partial charge < -0.3 is 16.2 Å². The number of aliphatic hydroxyl groups excluding tert-OH is 1. The Balaban J connectivity index is 2.02. The van der Waals surface area contributed by atoms with Crippen LogP contribution in [0.4, 0.5) is 0 Å². The van der Waals surface area contributed by atoms with Crippen molar-refractivity contribution in [2.75, 3.05) is 6.61 Å². The molecule has 0 radical (unpaired) electrons. The quantitative estimate of drug-likeness (QED) is 0.747. The van der Waals surface area contributed by atoms with Gasteiger partial charge in [0.05, 0.1) is 18.3 Å². The van der Waals surface area contributed by atoms with Gasteiger partial charge in [0.1, 0.15) is 6.04 Å². The summed E-state index contributed by atoms with van der Waals surface area (Å²) in [5, 5.41) is 16.6. The van der Waals surface area contributed by atoms with Crippen molar-refractivity contribution in [2.24, 2.45) is 18.7 Å². The van der Waals surface area contributed by atoms with E-state index in [1.54, 1.807) is 24.1 Å². The van der Waals surface area contributed by atoms with Crippen molar-refractivity contribution in [1.82, 2.24) is 15.1 Å². The molecule has 1 aliphatic carbocycles. The van der Waals surface area contributed by atoms with E-state index < -0.39 is 11.6 Å². The fourth-order valence-corrected chi connectivity index (χ4v) is 2.73. The van der Waals surface area contributed by atoms with Gasteiger partial charge in [0.15, 0.2) is 0 Å². The summed E-state index contributed by atoms with van der Waals surface area (Å²) in [4.78, 5) is 12.3. The topological polar surface area (TPSA) is 93.2 Å². The van der Waals surface area contributed by atoms with Gasteiger partial charge in [-0.2, -0.15) is 5.10 Å². The van der Waals surface area contributed by atoms with Crippen molar-refractivity contribution in [2.45, 2.75) is 44.2 Å². The van der Waals surface area contributed by atoms with Crippen LogP contribution in [0.2, 0.25) is 0 Å². The number of aromatic nitrogens is 2. The standard InChI is InChI=1S/C14H24N4O2/c1-10-3-5-14(9-19,6-4-10)17-13(20)12(15)11-7-16-18(2)8-11/h7-8,10,12,19H,3-6,9,15H2,1-2H3,(H,17,20). The molecular weight excluding hydrogens is 256 g/mol. The highest BCUT2D eigenvalue weighted by Crippen LogP contribution is 2.32. The van der Waals surface area contributed by atoms with E-state index in [-0.39, 0.29) is 12.5 Å². The van der Waals surface area contributed by atoms with Crippen LogP contribution in [0.25, 0.3) is 0 Å². The Morgan fingerprint density at radius 3 is 2.80 bits per heavy atom. The Hall–Kier alpha value is -1.40. The Labute approximate surface area is 119 Å². The summed E-state index contributed by atoms with van der Waals surface area (Å²) in [5.74, 6) is 0.403. The highest BCUT2D eigenvalue weighted by atomic mass is 16.3. The molecule has 1 saturated carbocycles. The molecule has 1 unspecified atom stereocenters. The fraction of sp³-hybridized carbons (Fsp3) is 0.714. The lowest BCUT2D eigenvalue weighted by atomic mass is 9.77. The van der Waals surface area contributed by atoms with Crippen molar-refractivity contribution in [3.05, 3.63) is 18.0 Å². The van der Waals surface area contributed by atoms with Crippen LogP contribution in [0.3, 0.4) is 0 Å². The third-order valence-corrected chi connectivity index (χ3v) is 4.29. The van der Waals surface area contributed by atoms with Gasteiger partial charge in [-0.15, -0.1) is 0 Å². The second-order valence-electron chi connectivity index (χ2n) is 6.04. The van der Waals surface area contributed by atoms with E-state index in [2.05, 4.69) is 17.3 Å². The Bertz CT molecular complexity index is 463. The first-order valence-corrected chi connectivity index (χ1v) is 7.13. The summed E-state index contributed by atoms with van der Waals surface area (Å²) in [6.07, 6.45) is 6.97. The predicted octanol–water partition coefficient (Wildman–Crippen LogP) is 0.477. The lowest BCUT2D eigenvalue weighted by Crippen LogP contribution is -2.55. The largest absolute Gasteiger partial charge is 0.394 e. The molecule has 0 aliphatic heterocycles. The number of carbonyl (C=O) groups excluding carboxylic acids is 1. The van der Waals surface area contributed by atoms with E-state index in [9.17, 15) is 9.90 Å². The van der Waals surface area contributed by atoms with Crippen molar-refractivity contribution in [3.8, 4) is 0 Å².